The SMILES string of the molecule is CC1SCCCC1NCCSC(F)(F)F. The molecule has 1 nitrogen and oxygen atoms in total. The van der Waals surface area contributed by atoms with Gasteiger partial charge >= 0.3 is 5.51 Å². The van der Waals surface area contributed by atoms with E-state index in [9.17, 15) is 13.2 Å². The van der Waals surface area contributed by atoms with Gasteiger partial charge in [0.05, 0.1) is 0 Å². The molecule has 2 unspecified atom stereocenters. The van der Waals surface area contributed by atoms with E-state index in [-0.39, 0.29) is 17.5 Å². The molecule has 0 aromatic carbocycles. The molecule has 2 atom stereocenters. The molecule has 1 N–H and O–H groups in total. The van der Waals surface area contributed by atoms with Crippen molar-refractivity contribution in [1.82, 2.24) is 5.32 Å². The summed E-state index contributed by atoms with van der Waals surface area (Å²) in [6, 6.07) is 0.387. The normalized spacial score (nSPS) is 28.0. The highest BCUT2D eigenvalue weighted by atomic mass is 32.2. The van der Waals surface area contributed by atoms with Gasteiger partial charge in [-0.2, -0.15) is 24.9 Å². The summed E-state index contributed by atoms with van der Waals surface area (Å²) in [5.74, 6) is 1.29. The van der Waals surface area contributed by atoms with Gasteiger partial charge in [-0.25, -0.2) is 0 Å². The van der Waals surface area contributed by atoms with Crippen molar-refractivity contribution in [2.24, 2.45) is 0 Å². The Kier molecular flexibility index (Phi) is 5.63. The Hall–Kier alpha value is 0.450. The van der Waals surface area contributed by atoms with Gasteiger partial charge in [0.15, 0.2) is 0 Å². The van der Waals surface area contributed by atoms with Crippen LogP contribution in [0.3, 0.4) is 0 Å². The lowest BCUT2D eigenvalue weighted by atomic mass is 10.1. The van der Waals surface area contributed by atoms with E-state index < -0.39 is 5.51 Å². The predicted octanol–water partition coefficient (Wildman–Crippen LogP) is 3.11. The quantitative estimate of drug-likeness (QED) is 0.779. The molecule has 0 bridgehead atoms. The Morgan fingerprint density at radius 3 is 2.80 bits per heavy atom. The van der Waals surface area contributed by atoms with Crippen LogP contribution in [0.2, 0.25) is 0 Å². The van der Waals surface area contributed by atoms with E-state index in [1.54, 1.807) is 0 Å². The molecule has 1 aliphatic heterocycles. The molecule has 90 valence electrons. The first-order chi connectivity index (χ1) is 6.99. The van der Waals surface area contributed by atoms with E-state index in [0.29, 0.717) is 17.8 Å². The molecule has 15 heavy (non-hydrogen) atoms. The molecule has 0 radical (unpaired) electrons. The topological polar surface area (TPSA) is 12.0 Å². The minimum atomic E-state index is -4.09. The van der Waals surface area contributed by atoms with Gasteiger partial charge < -0.3 is 5.32 Å². The fourth-order valence-electron chi connectivity index (χ4n) is 1.60. The molecular formula is C9H16F3NS2. The summed E-state index contributed by atoms with van der Waals surface area (Å²) in [7, 11) is 0. The van der Waals surface area contributed by atoms with Crippen LogP contribution in [0, 0.1) is 0 Å². The van der Waals surface area contributed by atoms with Crippen LogP contribution in [0.25, 0.3) is 0 Å². The van der Waals surface area contributed by atoms with Crippen LogP contribution in [0.15, 0.2) is 0 Å². The van der Waals surface area contributed by atoms with E-state index in [0.717, 1.165) is 6.42 Å². The summed E-state index contributed by atoms with van der Waals surface area (Å²) in [6.07, 6.45) is 2.25. The van der Waals surface area contributed by atoms with E-state index in [2.05, 4.69) is 12.2 Å². The molecule has 1 aliphatic rings. The van der Waals surface area contributed by atoms with Crippen molar-refractivity contribution in [1.29, 1.82) is 0 Å². The summed E-state index contributed by atoms with van der Waals surface area (Å²) < 4.78 is 35.5. The minimum Gasteiger partial charge on any atom is -0.312 e. The standard InChI is InChI=1S/C9H16F3NS2/c1-7-8(3-2-5-14-7)13-4-6-15-9(10,11)12/h7-8,13H,2-6H2,1H3. The molecule has 6 heteroatoms. The molecule has 1 heterocycles. The molecule has 0 spiro atoms. The number of hydrogen-bond acceptors (Lipinski definition) is 3. The second-order valence-corrected chi connectivity index (χ2v) is 6.22. The highest BCUT2D eigenvalue weighted by Crippen LogP contribution is 2.30. The van der Waals surface area contributed by atoms with Gasteiger partial charge in [-0.15, -0.1) is 0 Å². The average molecular weight is 259 g/mol. The fraction of sp³-hybridized carbons (Fsp3) is 1.00. The molecule has 0 aromatic rings. The molecular weight excluding hydrogens is 243 g/mol. The van der Waals surface area contributed by atoms with Crippen LogP contribution < -0.4 is 5.32 Å². The zero-order valence-electron chi connectivity index (χ0n) is 8.64. The van der Waals surface area contributed by atoms with Gasteiger partial charge in [0.1, 0.15) is 0 Å². The molecule has 1 saturated heterocycles. The molecule has 0 amide bonds. The number of thioether (sulfide) groups is 2. The van der Waals surface area contributed by atoms with Crippen molar-refractivity contribution in [3.05, 3.63) is 0 Å². The Bertz CT molecular complexity index is 187. The van der Waals surface area contributed by atoms with E-state index in [4.69, 9.17) is 0 Å². The highest BCUT2D eigenvalue weighted by molar-refractivity contribution is 8.00. The van der Waals surface area contributed by atoms with E-state index in [1.807, 2.05) is 11.8 Å². The number of halogens is 3. The highest BCUT2D eigenvalue weighted by Gasteiger charge is 2.28. The zero-order valence-corrected chi connectivity index (χ0v) is 10.3. The first kappa shape index (κ1) is 13.5. The van der Waals surface area contributed by atoms with Gasteiger partial charge in [-0.1, -0.05) is 6.92 Å². The molecule has 0 saturated carbocycles. The van der Waals surface area contributed by atoms with Gasteiger partial charge in [0, 0.05) is 23.6 Å². The maximum atomic E-state index is 11.8. The largest absolute Gasteiger partial charge is 0.441 e. The summed E-state index contributed by atoms with van der Waals surface area (Å²) in [4.78, 5) is 0. The van der Waals surface area contributed by atoms with Gasteiger partial charge in [0.2, 0.25) is 0 Å². The summed E-state index contributed by atoms with van der Waals surface area (Å²) in [5, 5.41) is 3.73. The third-order valence-corrected chi connectivity index (χ3v) is 4.50. The minimum absolute atomic E-state index is 0.0541. The van der Waals surface area contributed by atoms with Crippen molar-refractivity contribution in [3.63, 3.8) is 0 Å². The lowest BCUT2D eigenvalue weighted by Gasteiger charge is -2.29. The molecule has 1 fully saturated rings. The molecule has 1 rings (SSSR count). The van der Waals surface area contributed by atoms with Gasteiger partial charge in [-0.3, -0.25) is 0 Å². The Morgan fingerprint density at radius 1 is 1.47 bits per heavy atom. The maximum Gasteiger partial charge on any atom is 0.441 e. The van der Waals surface area contributed by atoms with Crippen LogP contribution in [-0.2, 0) is 0 Å². The average Bonchev–Trinajstić information content (AvgIpc) is 2.13. The number of rotatable bonds is 4. The summed E-state index contributed by atoms with van der Waals surface area (Å²) in [6.45, 7) is 2.58. The van der Waals surface area contributed by atoms with Crippen LogP contribution in [-0.4, -0.2) is 34.9 Å². The van der Waals surface area contributed by atoms with Crippen LogP contribution in [0.4, 0.5) is 13.2 Å². The van der Waals surface area contributed by atoms with Crippen molar-refractivity contribution < 1.29 is 13.2 Å². The maximum absolute atomic E-state index is 11.8. The second kappa shape index (κ2) is 6.25. The summed E-state index contributed by atoms with van der Waals surface area (Å²) >= 11 is 1.95. The predicted molar refractivity (Wildman–Crippen MR) is 61.5 cm³/mol. The van der Waals surface area contributed by atoms with E-state index >= 15 is 0 Å². The van der Waals surface area contributed by atoms with Gasteiger partial charge in [-0.05, 0) is 30.4 Å². The Labute approximate surface area is 96.9 Å². The number of alkyl halides is 3. The Morgan fingerprint density at radius 2 is 2.20 bits per heavy atom. The van der Waals surface area contributed by atoms with Crippen LogP contribution in [0.5, 0.6) is 0 Å². The van der Waals surface area contributed by atoms with Crippen molar-refractivity contribution in [3.8, 4) is 0 Å². The van der Waals surface area contributed by atoms with Gasteiger partial charge in [0.25, 0.3) is 0 Å². The van der Waals surface area contributed by atoms with Crippen molar-refractivity contribution in [2.45, 2.75) is 36.6 Å². The van der Waals surface area contributed by atoms with Crippen molar-refractivity contribution >= 4 is 23.5 Å². The van der Waals surface area contributed by atoms with Crippen LogP contribution >= 0.6 is 23.5 Å². The van der Waals surface area contributed by atoms with Crippen LogP contribution in [0.1, 0.15) is 19.8 Å². The fourth-order valence-corrected chi connectivity index (χ4v) is 3.22. The smallest absolute Gasteiger partial charge is 0.312 e. The third kappa shape index (κ3) is 5.92. The first-order valence-corrected chi connectivity index (χ1v) is 7.08. The molecule has 0 aromatic heterocycles. The molecule has 0 aliphatic carbocycles. The third-order valence-electron chi connectivity index (χ3n) is 2.38. The lowest BCUT2D eigenvalue weighted by Crippen LogP contribution is -2.40. The number of hydrogen-bond donors (Lipinski definition) is 1. The zero-order chi connectivity index (χ0) is 11.3. The first-order valence-electron chi connectivity index (χ1n) is 5.05. The lowest BCUT2D eigenvalue weighted by molar-refractivity contribution is -0.0327. The number of nitrogens with one attached hydrogen (secondary N) is 1. The van der Waals surface area contributed by atoms with Crippen molar-refractivity contribution in [2.75, 3.05) is 18.1 Å². The Balaban J connectivity index is 2.08. The monoisotopic (exact) mass is 259 g/mol. The van der Waals surface area contributed by atoms with E-state index in [1.165, 1.54) is 12.2 Å². The summed E-state index contributed by atoms with van der Waals surface area (Å²) in [5.41, 5.74) is -4.09. The second-order valence-electron chi connectivity index (χ2n) is 3.57.